The number of rotatable bonds is 6. The van der Waals surface area contributed by atoms with Crippen LogP contribution in [-0.2, 0) is 9.47 Å². The molecule has 4 heteroatoms. The molecule has 0 aliphatic heterocycles. The lowest BCUT2D eigenvalue weighted by Gasteiger charge is -2.21. The fourth-order valence-corrected chi connectivity index (χ4v) is 1.54. The summed E-state index contributed by atoms with van der Waals surface area (Å²) in [6, 6.07) is 6.25. The molecule has 1 rings (SSSR count). The van der Waals surface area contributed by atoms with E-state index in [9.17, 15) is 9.59 Å². The van der Waals surface area contributed by atoms with Crippen molar-refractivity contribution in [2.24, 2.45) is 5.41 Å². The molecular formula is C16H22O4. The molecule has 0 saturated heterocycles. The maximum absolute atomic E-state index is 11.8. The zero-order chi connectivity index (χ0) is 15.2. The Labute approximate surface area is 120 Å². The van der Waals surface area contributed by atoms with E-state index in [-0.39, 0.29) is 11.4 Å². The van der Waals surface area contributed by atoms with Crippen molar-refractivity contribution in [2.45, 2.75) is 33.6 Å². The third-order valence-corrected chi connectivity index (χ3v) is 3.51. The highest BCUT2D eigenvalue weighted by Gasteiger charge is 2.16. The molecule has 0 unspecified atom stereocenters. The van der Waals surface area contributed by atoms with Gasteiger partial charge in [0, 0.05) is 0 Å². The molecule has 0 bridgehead atoms. The van der Waals surface area contributed by atoms with Gasteiger partial charge in [-0.15, -0.1) is 0 Å². The summed E-state index contributed by atoms with van der Waals surface area (Å²) in [6.45, 7) is 6.81. The van der Waals surface area contributed by atoms with E-state index in [1.807, 2.05) is 0 Å². The molecule has 0 spiro atoms. The van der Waals surface area contributed by atoms with Gasteiger partial charge in [0.05, 0.1) is 24.8 Å². The summed E-state index contributed by atoms with van der Waals surface area (Å²) >= 11 is 0. The maximum Gasteiger partial charge on any atom is 0.338 e. The van der Waals surface area contributed by atoms with Crippen molar-refractivity contribution < 1.29 is 19.1 Å². The standard InChI is InChI=1S/C16H22O4/c1-5-16(2,3)10-11-20-15(18)13-8-6-12(7-9-13)14(17)19-4/h6-9H,5,10-11H2,1-4H3. The van der Waals surface area contributed by atoms with Crippen LogP contribution >= 0.6 is 0 Å². The molecule has 0 N–H and O–H groups in total. The molecule has 0 aliphatic rings. The molecule has 20 heavy (non-hydrogen) atoms. The van der Waals surface area contributed by atoms with Gasteiger partial charge in [-0.1, -0.05) is 27.2 Å². The fraction of sp³-hybridized carbons (Fsp3) is 0.500. The zero-order valence-electron chi connectivity index (χ0n) is 12.6. The molecule has 0 amide bonds. The van der Waals surface area contributed by atoms with Gasteiger partial charge in [-0.05, 0) is 36.1 Å². The van der Waals surface area contributed by atoms with Crippen molar-refractivity contribution in [1.29, 1.82) is 0 Å². The fourth-order valence-electron chi connectivity index (χ4n) is 1.54. The Morgan fingerprint density at radius 3 is 2.00 bits per heavy atom. The first-order chi connectivity index (χ1) is 9.39. The first-order valence-corrected chi connectivity index (χ1v) is 6.75. The molecule has 1 aromatic rings. The average Bonchev–Trinajstić information content (AvgIpc) is 2.46. The summed E-state index contributed by atoms with van der Waals surface area (Å²) in [5, 5.41) is 0. The lowest BCUT2D eigenvalue weighted by atomic mass is 9.87. The van der Waals surface area contributed by atoms with Crippen molar-refractivity contribution in [3.05, 3.63) is 35.4 Å². The molecular weight excluding hydrogens is 256 g/mol. The van der Waals surface area contributed by atoms with Crippen molar-refractivity contribution in [3.8, 4) is 0 Å². The smallest absolute Gasteiger partial charge is 0.338 e. The molecule has 0 atom stereocenters. The predicted molar refractivity (Wildman–Crippen MR) is 76.8 cm³/mol. The molecule has 0 aliphatic carbocycles. The number of benzene rings is 1. The Hall–Kier alpha value is -1.84. The minimum Gasteiger partial charge on any atom is -0.465 e. The van der Waals surface area contributed by atoms with Gasteiger partial charge >= 0.3 is 11.9 Å². The second-order valence-corrected chi connectivity index (χ2v) is 5.47. The van der Waals surface area contributed by atoms with Crippen LogP contribution < -0.4 is 0 Å². The van der Waals surface area contributed by atoms with Crippen LogP contribution in [0.15, 0.2) is 24.3 Å². The Balaban J connectivity index is 2.54. The van der Waals surface area contributed by atoms with Gasteiger partial charge < -0.3 is 9.47 Å². The molecule has 0 heterocycles. The third-order valence-electron chi connectivity index (χ3n) is 3.51. The maximum atomic E-state index is 11.8. The van der Waals surface area contributed by atoms with Crippen LogP contribution in [0, 0.1) is 5.41 Å². The lowest BCUT2D eigenvalue weighted by molar-refractivity contribution is 0.0454. The van der Waals surface area contributed by atoms with E-state index in [0.29, 0.717) is 17.7 Å². The third kappa shape index (κ3) is 4.68. The largest absolute Gasteiger partial charge is 0.465 e. The molecule has 1 aromatic carbocycles. The number of carbonyl (C=O) groups is 2. The Morgan fingerprint density at radius 2 is 1.55 bits per heavy atom. The zero-order valence-corrected chi connectivity index (χ0v) is 12.6. The van der Waals surface area contributed by atoms with Crippen LogP contribution in [0.4, 0.5) is 0 Å². The average molecular weight is 278 g/mol. The first-order valence-electron chi connectivity index (χ1n) is 6.75. The summed E-state index contributed by atoms with van der Waals surface area (Å²) < 4.78 is 9.83. The number of hydrogen-bond donors (Lipinski definition) is 0. The van der Waals surface area contributed by atoms with E-state index in [4.69, 9.17) is 4.74 Å². The highest BCUT2D eigenvalue weighted by molar-refractivity contribution is 5.93. The first kappa shape index (κ1) is 16.2. The normalized spacial score (nSPS) is 11.0. The minimum absolute atomic E-state index is 0.176. The van der Waals surface area contributed by atoms with Gasteiger partial charge in [-0.25, -0.2) is 9.59 Å². The van der Waals surface area contributed by atoms with E-state index in [1.54, 1.807) is 24.3 Å². The number of ether oxygens (including phenoxy) is 2. The second kappa shape index (κ2) is 7.08. The Morgan fingerprint density at radius 1 is 1.05 bits per heavy atom. The van der Waals surface area contributed by atoms with Gasteiger partial charge in [-0.2, -0.15) is 0 Å². The number of hydrogen-bond acceptors (Lipinski definition) is 4. The van der Waals surface area contributed by atoms with Gasteiger partial charge in [0.15, 0.2) is 0 Å². The van der Waals surface area contributed by atoms with Crippen LogP contribution in [0.5, 0.6) is 0 Å². The monoisotopic (exact) mass is 278 g/mol. The predicted octanol–water partition coefficient (Wildman–Crippen LogP) is 3.46. The van der Waals surface area contributed by atoms with E-state index in [0.717, 1.165) is 12.8 Å². The van der Waals surface area contributed by atoms with E-state index >= 15 is 0 Å². The molecule has 0 radical (unpaired) electrons. The number of methoxy groups -OCH3 is 1. The van der Waals surface area contributed by atoms with E-state index in [1.165, 1.54) is 7.11 Å². The minimum atomic E-state index is -0.422. The summed E-state index contributed by atoms with van der Waals surface area (Å²) in [4.78, 5) is 23.1. The van der Waals surface area contributed by atoms with E-state index < -0.39 is 5.97 Å². The second-order valence-electron chi connectivity index (χ2n) is 5.47. The van der Waals surface area contributed by atoms with Gasteiger partial charge in [0.1, 0.15) is 0 Å². The van der Waals surface area contributed by atoms with Crippen LogP contribution in [0.25, 0.3) is 0 Å². The topological polar surface area (TPSA) is 52.6 Å². The van der Waals surface area contributed by atoms with Crippen LogP contribution in [0.2, 0.25) is 0 Å². The quantitative estimate of drug-likeness (QED) is 0.748. The van der Waals surface area contributed by atoms with Crippen LogP contribution in [0.1, 0.15) is 54.3 Å². The summed E-state index contributed by atoms with van der Waals surface area (Å²) in [5.74, 6) is -0.789. The Bertz CT molecular complexity index is 460. The van der Waals surface area contributed by atoms with Gasteiger partial charge in [-0.3, -0.25) is 0 Å². The van der Waals surface area contributed by atoms with Gasteiger partial charge in [0.25, 0.3) is 0 Å². The molecule has 0 aromatic heterocycles. The van der Waals surface area contributed by atoms with Gasteiger partial charge in [0.2, 0.25) is 0 Å². The van der Waals surface area contributed by atoms with Crippen molar-refractivity contribution in [3.63, 3.8) is 0 Å². The van der Waals surface area contributed by atoms with Crippen molar-refractivity contribution >= 4 is 11.9 Å². The van der Waals surface area contributed by atoms with Crippen LogP contribution in [-0.4, -0.2) is 25.7 Å². The van der Waals surface area contributed by atoms with Crippen molar-refractivity contribution in [2.75, 3.05) is 13.7 Å². The van der Waals surface area contributed by atoms with E-state index in [2.05, 4.69) is 25.5 Å². The highest BCUT2D eigenvalue weighted by atomic mass is 16.5. The summed E-state index contributed by atoms with van der Waals surface area (Å²) in [7, 11) is 1.32. The SMILES string of the molecule is CCC(C)(C)CCOC(=O)c1ccc(C(=O)OC)cc1. The van der Waals surface area contributed by atoms with Crippen molar-refractivity contribution in [1.82, 2.24) is 0 Å². The lowest BCUT2D eigenvalue weighted by Crippen LogP contribution is -2.15. The molecule has 0 fully saturated rings. The summed E-state index contributed by atoms with van der Waals surface area (Å²) in [5.41, 5.74) is 1.03. The number of esters is 2. The highest BCUT2D eigenvalue weighted by Crippen LogP contribution is 2.24. The molecule has 0 saturated carbocycles. The molecule has 110 valence electrons. The molecule has 4 nitrogen and oxygen atoms in total. The Kier molecular flexibility index (Phi) is 5.74. The summed E-state index contributed by atoms with van der Waals surface area (Å²) in [6.07, 6.45) is 1.87. The van der Waals surface area contributed by atoms with Crippen LogP contribution in [0.3, 0.4) is 0 Å². The number of carbonyl (C=O) groups excluding carboxylic acids is 2.